The summed E-state index contributed by atoms with van der Waals surface area (Å²) in [6.45, 7) is 3.25. The molecular formula is C19H18ClN3O3. The molecule has 1 heterocycles. The van der Waals surface area contributed by atoms with Crippen LogP contribution >= 0.6 is 11.6 Å². The molecule has 7 heteroatoms. The van der Waals surface area contributed by atoms with Crippen molar-refractivity contribution in [3.63, 3.8) is 0 Å². The first-order chi connectivity index (χ1) is 12.4. The Morgan fingerprint density at radius 3 is 2.58 bits per heavy atom. The van der Waals surface area contributed by atoms with Crippen molar-refractivity contribution in [2.24, 2.45) is 0 Å². The molecule has 134 valence electrons. The minimum Gasteiger partial charge on any atom is -0.452 e. The van der Waals surface area contributed by atoms with Gasteiger partial charge in [-0.3, -0.25) is 4.79 Å². The lowest BCUT2D eigenvalue weighted by atomic mass is 10.1. The van der Waals surface area contributed by atoms with Crippen LogP contribution in [0.1, 0.15) is 28.0 Å². The van der Waals surface area contributed by atoms with E-state index in [1.54, 1.807) is 44.2 Å². The summed E-state index contributed by atoms with van der Waals surface area (Å²) in [6, 6.07) is 12.6. The van der Waals surface area contributed by atoms with Crippen molar-refractivity contribution >= 4 is 29.2 Å². The lowest BCUT2D eigenvalue weighted by Gasteiger charge is -2.21. The molecule has 6 nitrogen and oxygen atoms in total. The Labute approximate surface area is 157 Å². The average Bonchev–Trinajstić information content (AvgIpc) is 2.60. The fourth-order valence-electron chi connectivity index (χ4n) is 2.48. The second kappa shape index (κ2) is 8.97. The number of pyridine rings is 1. The molecule has 0 atom stereocenters. The molecule has 0 fully saturated rings. The van der Waals surface area contributed by atoms with Crippen LogP contribution in [0.5, 0.6) is 0 Å². The minimum atomic E-state index is -0.707. The van der Waals surface area contributed by atoms with E-state index in [1.165, 1.54) is 4.90 Å². The molecule has 1 aromatic carbocycles. The van der Waals surface area contributed by atoms with Gasteiger partial charge in [0.1, 0.15) is 5.15 Å². The van der Waals surface area contributed by atoms with Gasteiger partial charge in [0.15, 0.2) is 6.61 Å². The molecule has 2 rings (SSSR count). The summed E-state index contributed by atoms with van der Waals surface area (Å²) < 4.78 is 5.14. The number of rotatable bonds is 6. The molecule has 0 N–H and O–H groups in total. The Balaban J connectivity index is 2.10. The summed E-state index contributed by atoms with van der Waals surface area (Å²) in [5, 5.41) is 8.84. The van der Waals surface area contributed by atoms with Crippen molar-refractivity contribution in [3.05, 3.63) is 58.4 Å². The summed E-state index contributed by atoms with van der Waals surface area (Å²) in [7, 11) is 0. The van der Waals surface area contributed by atoms with E-state index in [9.17, 15) is 9.59 Å². The zero-order valence-electron chi connectivity index (χ0n) is 14.5. The molecule has 26 heavy (non-hydrogen) atoms. The van der Waals surface area contributed by atoms with E-state index in [4.69, 9.17) is 21.6 Å². The summed E-state index contributed by atoms with van der Waals surface area (Å²) in [6.07, 6.45) is 0.168. The van der Waals surface area contributed by atoms with Gasteiger partial charge >= 0.3 is 5.97 Å². The normalized spacial score (nSPS) is 10.1. The number of benzene rings is 1. The van der Waals surface area contributed by atoms with Crippen LogP contribution in [0.2, 0.25) is 5.15 Å². The van der Waals surface area contributed by atoms with Gasteiger partial charge in [0.25, 0.3) is 5.91 Å². The summed E-state index contributed by atoms with van der Waals surface area (Å²) in [5.74, 6) is -1.13. The maximum Gasteiger partial charge on any atom is 0.342 e. The molecule has 1 amide bonds. The van der Waals surface area contributed by atoms with Crippen molar-refractivity contribution in [1.82, 2.24) is 4.98 Å². The highest BCUT2D eigenvalue weighted by Crippen LogP contribution is 2.20. The second-order valence-corrected chi connectivity index (χ2v) is 5.97. The third-order valence-electron chi connectivity index (χ3n) is 3.65. The van der Waals surface area contributed by atoms with Gasteiger partial charge in [0.2, 0.25) is 0 Å². The first-order valence-electron chi connectivity index (χ1n) is 7.97. The van der Waals surface area contributed by atoms with Gasteiger partial charge in [0, 0.05) is 17.9 Å². The molecule has 2 aromatic rings. The predicted molar refractivity (Wildman–Crippen MR) is 98.0 cm³/mol. The van der Waals surface area contributed by atoms with E-state index in [1.807, 2.05) is 12.1 Å². The summed E-state index contributed by atoms with van der Waals surface area (Å²) in [5.41, 5.74) is 2.10. The molecule has 0 radical (unpaired) electrons. The largest absolute Gasteiger partial charge is 0.452 e. The number of esters is 1. The van der Waals surface area contributed by atoms with Crippen molar-refractivity contribution in [1.29, 1.82) is 5.26 Å². The van der Waals surface area contributed by atoms with Crippen LogP contribution in [0, 0.1) is 25.2 Å². The number of carbonyl (C=O) groups excluding carboxylic acids is 2. The Kier molecular flexibility index (Phi) is 6.70. The van der Waals surface area contributed by atoms with Gasteiger partial charge in [-0.05, 0) is 37.6 Å². The topological polar surface area (TPSA) is 83.3 Å². The lowest BCUT2D eigenvalue weighted by Crippen LogP contribution is -2.35. The first-order valence-corrected chi connectivity index (χ1v) is 8.35. The zero-order chi connectivity index (χ0) is 19.1. The monoisotopic (exact) mass is 371 g/mol. The third kappa shape index (κ3) is 4.80. The van der Waals surface area contributed by atoms with Crippen LogP contribution in [0.3, 0.4) is 0 Å². The number of amides is 1. The van der Waals surface area contributed by atoms with Crippen LogP contribution in [0.15, 0.2) is 36.4 Å². The molecule has 1 aromatic heterocycles. The highest BCUT2D eigenvalue weighted by Gasteiger charge is 2.21. The van der Waals surface area contributed by atoms with Crippen LogP contribution in [-0.2, 0) is 9.53 Å². The number of aryl methyl sites for hydroxylation is 2. The number of ether oxygens (including phenoxy) is 1. The van der Waals surface area contributed by atoms with Crippen LogP contribution in [0.4, 0.5) is 5.69 Å². The number of halogens is 1. The third-order valence-corrected chi connectivity index (χ3v) is 3.92. The van der Waals surface area contributed by atoms with Gasteiger partial charge in [-0.1, -0.05) is 29.8 Å². The minimum absolute atomic E-state index is 0.0457. The maximum absolute atomic E-state index is 12.5. The quantitative estimate of drug-likeness (QED) is 0.573. The molecule has 0 saturated heterocycles. The smallest absolute Gasteiger partial charge is 0.342 e. The molecule has 0 unspecified atom stereocenters. The molecule has 0 aliphatic heterocycles. The average molecular weight is 372 g/mol. The van der Waals surface area contributed by atoms with Crippen molar-refractivity contribution in [2.75, 3.05) is 18.1 Å². The van der Waals surface area contributed by atoms with Crippen LogP contribution < -0.4 is 4.90 Å². The number of aromatic nitrogens is 1. The SMILES string of the molecule is Cc1cc(C)c(C(=O)OCC(=O)N(CCC#N)c2ccccc2)c(Cl)n1. The van der Waals surface area contributed by atoms with Crippen molar-refractivity contribution in [2.45, 2.75) is 20.3 Å². The molecule has 0 bridgehead atoms. The number of hydrogen-bond donors (Lipinski definition) is 0. The Morgan fingerprint density at radius 1 is 1.27 bits per heavy atom. The maximum atomic E-state index is 12.5. The number of nitrogens with zero attached hydrogens (tertiary/aromatic N) is 3. The van der Waals surface area contributed by atoms with Gasteiger partial charge in [0.05, 0.1) is 18.1 Å². The number of anilines is 1. The first kappa shape index (κ1) is 19.4. The second-order valence-electron chi connectivity index (χ2n) is 5.61. The van der Waals surface area contributed by atoms with Gasteiger partial charge in [-0.25, -0.2) is 9.78 Å². The molecule has 0 saturated carbocycles. The fourth-order valence-corrected chi connectivity index (χ4v) is 2.84. The van der Waals surface area contributed by atoms with Crippen molar-refractivity contribution in [3.8, 4) is 6.07 Å². The molecule has 0 aliphatic carbocycles. The molecular weight excluding hydrogens is 354 g/mol. The van der Waals surface area contributed by atoms with Gasteiger partial charge < -0.3 is 9.64 Å². The number of hydrogen-bond acceptors (Lipinski definition) is 5. The Hall–Kier alpha value is -2.91. The van der Waals surface area contributed by atoms with E-state index in [0.29, 0.717) is 16.9 Å². The molecule has 0 aliphatic rings. The van der Waals surface area contributed by atoms with E-state index in [-0.39, 0.29) is 23.7 Å². The Bertz CT molecular complexity index is 824. The van der Waals surface area contributed by atoms with Crippen LogP contribution in [-0.4, -0.2) is 30.0 Å². The van der Waals surface area contributed by atoms with E-state index in [0.717, 1.165) is 0 Å². The van der Waals surface area contributed by atoms with E-state index in [2.05, 4.69) is 4.98 Å². The van der Waals surface area contributed by atoms with Gasteiger partial charge in [-0.15, -0.1) is 0 Å². The van der Waals surface area contributed by atoms with E-state index >= 15 is 0 Å². The number of nitriles is 1. The fraction of sp³-hybridized carbons (Fsp3) is 0.263. The highest BCUT2D eigenvalue weighted by atomic mass is 35.5. The lowest BCUT2D eigenvalue weighted by molar-refractivity contribution is -0.121. The summed E-state index contributed by atoms with van der Waals surface area (Å²) >= 11 is 6.03. The predicted octanol–water partition coefficient (Wildman–Crippen LogP) is 3.46. The Morgan fingerprint density at radius 2 is 1.96 bits per heavy atom. The van der Waals surface area contributed by atoms with Crippen molar-refractivity contribution < 1.29 is 14.3 Å². The highest BCUT2D eigenvalue weighted by molar-refractivity contribution is 6.32. The number of carbonyl (C=O) groups is 2. The van der Waals surface area contributed by atoms with E-state index < -0.39 is 18.5 Å². The standard InChI is InChI=1S/C19H18ClN3O3/c1-13-11-14(2)22-18(20)17(13)19(25)26-12-16(24)23(10-6-9-21)15-7-4-3-5-8-15/h3-5,7-8,11H,6,10,12H2,1-2H3. The molecule has 0 spiro atoms. The zero-order valence-corrected chi connectivity index (χ0v) is 15.3. The van der Waals surface area contributed by atoms with Gasteiger partial charge in [-0.2, -0.15) is 5.26 Å². The number of para-hydroxylation sites is 1. The summed E-state index contributed by atoms with van der Waals surface area (Å²) in [4.78, 5) is 30.3. The van der Waals surface area contributed by atoms with Crippen LogP contribution in [0.25, 0.3) is 0 Å².